The van der Waals surface area contributed by atoms with E-state index in [2.05, 4.69) is 4.99 Å². The molecule has 1 N–H and O–H groups in total. The highest BCUT2D eigenvalue weighted by Gasteiger charge is 2.34. The lowest BCUT2D eigenvalue weighted by Crippen LogP contribution is -2.14. The molecule has 0 spiro atoms. The Morgan fingerprint density at radius 1 is 1.05 bits per heavy atom. The summed E-state index contributed by atoms with van der Waals surface area (Å²) in [6.07, 6.45) is 1.54. The van der Waals surface area contributed by atoms with Crippen molar-refractivity contribution in [3.63, 3.8) is 0 Å². The number of nitrogens with zero attached hydrogens (tertiary/aromatic N) is 1. The molecule has 3 aromatic carbocycles. The van der Waals surface area contributed by atoms with E-state index in [1.807, 2.05) is 0 Å². The first kappa shape index (κ1) is 27.4. The maximum atomic E-state index is 13.4. The summed E-state index contributed by atoms with van der Waals surface area (Å²) in [5.41, 5.74) is 1.21. The zero-order valence-corrected chi connectivity index (χ0v) is 22.2. The number of rotatable bonds is 7. The van der Waals surface area contributed by atoms with Gasteiger partial charge in [-0.25, -0.2) is 14.2 Å². The van der Waals surface area contributed by atoms with Gasteiger partial charge in [0, 0.05) is 5.56 Å². The van der Waals surface area contributed by atoms with Crippen LogP contribution in [0.2, 0.25) is 10.0 Å². The summed E-state index contributed by atoms with van der Waals surface area (Å²) < 4.78 is 24.2. The number of thioether (sulfide) groups is 1. The van der Waals surface area contributed by atoms with E-state index >= 15 is 0 Å². The number of amides is 1. The number of hydrogen-bond donors (Lipinski definition) is 1. The molecule has 0 saturated carbocycles. The molecule has 1 heterocycles. The van der Waals surface area contributed by atoms with Crippen molar-refractivity contribution < 1.29 is 28.6 Å². The highest BCUT2D eigenvalue weighted by Crippen LogP contribution is 2.41. The van der Waals surface area contributed by atoms with Crippen LogP contribution in [0.5, 0.6) is 5.75 Å². The molecule has 0 saturated heterocycles. The van der Waals surface area contributed by atoms with Crippen LogP contribution in [0.3, 0.4) is 0 Å². The number of halogens is 3. The SMILES string of the molecule is CCOC(=O)C1=C(O)/C(=C/c2cc(Cl)c(OCc3cccc(F)c3)c(Cl)c2)SC1=NC(=O)c1ccccc1. The quantitative estimate of drug-likeness (QED) is 0.297. The molecule has 1 amide bonds. The molecule has 0 fully saturated rings. The summed E-state index contributed by atoms with van der Waals surface area (Å²) in [7, 11) is 0. The van der Waals surface area contributed by atoms with Crippen LogP contribution in [0.4, 0.5) is 4.39 Å². The van der Waals surface area contributed by atoms with Crippen molar-refractivity contribution in [2.24, 2.45) is 4.99 Å². The Balaban J connectivity index is 1.63. The van der Waals surface area contributed by atoms with Crippen molar-refractivity contribution >= 4 is 58.0 Å². The van der Waals surface area contributed by atoms with E-state index in [1.165, 1.54) is 12.1 Å². The second-order valence-corrected chi connectivity index (χ2v) is 9.72. The first-order valence-corrected chi connectivity index (χ1v) is 12.9. The molecule has 0 unspecified atom stereocenters. The Kier molecular flexibility index (Phi) is 8.89. The van der Waals surface area contributed by atoms with Gasteiger partial charge in [-0.2, -0.15) is 0 Å². The zero-order valence-electron chi connectivity index (χ0n) is 19.9. The molecule has 0 aromatic heterocycles. The number of esters is 1. The normalized spacial score (nSPS) is 15.3. The molecule has 1 aliphatic heterocycles. The molecule has 0 bridgehead atoms. The number of carbonyl (C=O) groups excluding carboxylic acids is 2. The van der Waals surface area contributed by atoms with Gasteiger partial charge >= 0.3 is 5.97 Å². The minimum Gasteiger partial charge on any atom is -0.506 e. The van der Waals surface area contributed by atoms with Crippen molar-refractivity contribution in [1.29, 1.82) is 0 Å². The summed E-state index contributed by atoms with van der Waals surface area (Å²) in [5, 5.41) is 11.2. The Bertz CT molecular complexity index is 1460. The Morgan fingerprint density at radius 3 is 2.42 bits per heavy atom. The van der Waals surface area contributed by atoms with Crippen LogP contribution in [0.15, 0.2) is 88.0 Å². The lowest BCUT2D eigenvalue weighted by Gasteiger charge is -2.11. The van der Waals surface area contributed by atoms with Crippen LogP contribution in [0.25, 0.3) is 6.08 Å². The summed E-state index contributed by atoms with van der Waals surface area (Å²) >= 11 is 13.7. The number of hydrogen-bond acceptors (Lipinski definition) is 6. The van der Waals surface area contributed by atoms with Crippen LogP contribution in [0.1, 0.15) is 28.4 Å². The highest BCUT2D eigenvalue weighted by atomic mass is 35.5. The molecule has 1 aliphatic rings. The van der Waals surface area contributed by atoms with Gasteiger partial charge in [0.1, 0.15) is 28.8 Å². The molecule has 3 aromatic rings. The van der Waals surface area contributed by atoms with Gasteiger partial charge in [-0.15, -0.1) is 0 Å². The third-order valence-corrected chi connectivity index (χ3v) is 6.77. The van der Waals surface area contributed by atoms with Crippen LogP contribution in [-0.2, 0) is 16.1 Å². The molecule has 0 atom stereocenters. The number of benzene rings is 3. The monoisotopic (exact) mass is 571 g/mol. The summed E-state index contributed by atoms with van der Waals surface area (Å²) in [6.45, 7) is 1.75. The van der Waals surface area contributed by atoms with E-state index < -0.39 is 11.9 Å². The van der Waals surface area contributed by atoms with Crippen LogP contribution in [0, 0.1) is 5.82 Å². The Morgan fingerprint density at radius 2 is 1.76 bits per heavy atom. The fourth-order valence-electron chi connectivity index (χ4n) is 3.46. The van der Waals surface area contributed by atoms with Crippen LogP contribution < -0.4 is 4.74 Å². The molecule has 4 rings (SSSR count). The van der Waals surface area contributed by atoms with Crippen molar-refractivity contribution in [3.05, 3.63) is 116 Å². The van der Waals surface area contributed by atoms with Crippen molar-refractivity contribution in [3.8, 4) is 5.75 Å². The van der Waals surface area contributed by atoms with Gasteiger partial charge in [0.05, 0.1) is 21.6 Å². The topological polar surface area (TPSA) is 85.2 Å². The number of aliphatic hydroxyl groups excluding tert-OH is 1. The Hall–Kier alpha value is -3.59. The van der Waals surface area contributed by atoms with Gasteiger partial charge in [-0.3, -0.25) is 4.79 Å². The fraction of sp³-hybridized carbons (Fsp3) is 0.107. The van der Waals surface area contributed by atoms with Crippen LogP contribution >= 0.6 is 35.0 Å². The molecule has 0 aliphatic carbocycles. The first-order valence-electron chi connectivity index (χ1n) is 11.3. The third-order valence-electron chi connectivity index (χ3n) is 5.18. The summed E-state index contributed by atoms with van der Waals surface area (Å²) in [6, 6.07) is 17.4. The molecule has 38 heavy (non-hydrogen) atoms. The third kappa shape index (κ3) is 6.45. The van der Waals surface area contributed by atoms with Gasteiger partial charge in [0.2, 0.25) is 0 Å². The highest BCUT2D eigenvalue weighted by molar-refractivity contribution is 8.18. The van der Waals surface area contributed by atoms with E-state index in [1.54, 1.807) is 67.6 Å². The predicted octanol–water partition coefficient (Wildman–Crippen LogP) is 7.41. The lowest BCUT2D eigenvalue weighted by molar-refractivity contribution is -0.138. The maximum Gasteiger partial charge on any atom is 0.344 e. The minimum atomic E-state index is -0.808. The predicted molar refractivity (Wildman–Crippen MR) is 147 cm³/mol. The first-order chi connectivity index (χ1) is 18.3. The number of aliphatic imine (C=N–C) groups is 1. The van der Waals surface area contributed by atoms with E-state index in [0.717, 1.165) is 11.8 Å². The van der Waals surface area contributed by atoms with Gasteiger partial charge in [0.15, 0.2) is 5.75 Å². The summed E-state index contributed by atoms with van der Waals surface area (Å²) in [5.74, 6) is -1.94. The van der Waals surface area contributed by atoms with Gasteiger partial charge in [-0.05, 0) is 60.5 Å². The second kappa shape index (κ2) is 12.3. The van der Waals surface area contributed by atoms with Gasteiger partial charge < -0.3 is 14.6 Å². The van der Waals surface area contributed by atoms with Crippen molar-refractivity contribution in [1.82, 2.24) is 0 Å². The van der Waals surface area contributed by atoms with E-state index in [-0.39, 0.29) is 56.1 Å². The standard InChI is InChI=1S/C28H20Cl2FNO5S/c1-2-36-28(35)23-24(33)22(38-27(23)32-26(34)18-8-4-3-5-9-18)14-17-12-20(29)25(21(30)13-17)37-15-16-7-6-10-19(31)11-16/h3-14,33H,2,15H2,1H3/b22-14-,32-27?. The van der Waals surface area contributed by atoms with Crippen molar-refractivity contribution in [2.45, 2.75) is 13.5 Å². The lowest BCUT2D eigenvalue weighted by atomic mass is 10.1. The molecular formula is C28H20Cl2FNO5S. The second-order valence-electron chi connectivity index (χ2n) is 7.88. The van der Waals surface area contributed by atoms with Gasteiger partial charge in [-0.1, -0.05) is 65.3 Å². The van der Waals surface area contributed by atoms with E-state index in [0.29, 0.717) is 16.7 Å². The largest absolute Gasteiger partial charge is 0.506 e. The average Bonchev–Trinajstić information content (AvgIpc) is 3.18. The molecular weight excluding hydrogens is 552 g/mol. The molecule has 0 radical (unpaired) electrons. The number of aliphatic hydroxyl groups is 1. The number of ether oxygens (including phenoxy) is 2. The van der Waals surface area contributed by atoms with Gasteiger partial charge in [0.25, 0.3) is 5.91 Å². The molecule has 194 valence electrons. The van der Waals surface area contributed by atoms with Crippen LogP contribution in [-0.4, -0.2) is 28.6 Å². The molecule has 10 heteroatoms. The Labute approximate surface area is 232 Å². The molecule has 6 nitrogen and oxygen atoms in total. The van der Waals surface area contributed by atoms with E-state index in [4.69, 9.17) is 32.7 Å². The minimum absolute atomic E-state index is 0.00768. The van der Waals surface area contributed by atoms with Crippen molar-refractivity contribution in [2.75, 3.05) is 6.61 Å². The van der Waals surface area contributed by atoms with E-state index in [9.17, 15) is 19.1 Å². The maximum absolute atomic E-state index is 13.4. The summed E-state index contributed by atoms with van der Waals surface area (Å²) in [4.78, 5) is 29.6. The smallest absolute Gasteiger partial charge is 0.344 e. The fourth-order valence-corrected chi connectivity index (χ4v) is 5.09. The number of carbonyl (C=O) groups is 2. The average molecular weight is 572 g/mol. The zero-order chi connectivity index (χ0) is 27.2.